The fraction of sp³-hybridized carbons (Fsp3) is 1.00. The molecule has 16 heavy (non-hydrogen) atoms. The summed E-state index contributed by atoms with van der Waals surface area (Å²) in [7, 11) is 4.35. The quantitative estimate of drug-likeness (QED) is 0.778. The average molecular weight is 226 g/mol. The maximum absolute atomic E-state index is 9.85. The molecule has 1 heterocycles. The zero-order chi connectivity index (χ0) is 11.7. The number of nitrogens with zero attached hydrogens (tertiary/aromatic N) is 2. The van der Waals surface area contributed by atoms with Crippen molar-refractivity contribution < 1.29 is 5.11 Å². The summed E-state index contributed by atoms with van der Waals surface area (Å²) in [5, 5.41) is 9.85. The second kappa shape index (κ2) is 5.03. The highest BCUT2D eigenvalue weighted by Crippen LogP contribution is 2.29. The Balaban J connectivity index is 1.84. The summed E-state index contributed by atoms with van der Waals surface area (Å²) in [5.74, 6) is 1.29. The van der Waals surface area contributed by atoms with Crippen LogP contribution in [0.4, 0.5) is 0 Å². The van der Waals surface area contributed by atoms with Crippen molar-refractivity contribution in [2.75, 3.05) is 33.7 Å². The molecule has 2 rings (SSSR count). The molecular formula is C13H26N2O. The topological polar surface area (TPSA) is 26.7 Å². The monoisotopic (exact) mass is 226 g/mol. The molecule has 1 N–H and O–H groups in total. The van der Waals surface area contributed by atoms with Crippen molar-refractivity contribution in [3.8, 4) is 0 Å². The molecule has 1 saturated heterocycles. The Kier molecular flexibility index (Phi) is 3.88. The molecule has 2 fully saturated rings. The fourth-order valence-corrected chi connectivity index (χ4v) is 3.43. The Hall–Kier alpha value is -0.120. The summed E-state index contributed by atoms with van der Waals surface area (Å²) in [6, 6.07) is 0.693. The van der Waals surface area contributed by atoms with E-state index in [1.165, 1.54) is 25.9 Å². The third-order valence-electron chi connectivity index (χ3n) is 4.42. The number of likely N-dealkylation sites (tertiary alicyclic amines) is 1. The molecule has 1 aliphatic heterocycles. The van der Waals surface area contributed by atoms with Gasteiger partial charge in [0.25, 0.3) is 0 Å². The molecule has 0 aromatic rings. The highest BCUT2D eigenvalue weighted by Gasteiger charge is 2.34. The SMILES string of the molecule is CC1CN(CC2CCCC2O)CC1N(C)C. The van der Waals surface area contributed by atoms with Gasteiger partial charge in [0.15, 0.2) is 0 Å². The molecule has 4 atom stereocenters. The molecule has 94 valence electrons. The van der Waals surface area contributed by atoms with Crippen molar-refractivity contribution in [1.82, 2.24) is 9.80 Å². The Morgan fingerprint density at radius 3 is 2.50 bits per heavy atom. The van der Waals surface area contributed by atoms with E-state index in [4.69, 9.17) is 0 Å². The first kappa shape index (κ1) is 12.3. The molecule has 1 aliphatic carbocycles. The number of hydrogen-bond acceptors (Lipinski definition) is 3. The standard InChI is InChI=1S/C13H26N2O/c1-10-7-15(9-12(10)14(2)3)8-11-5-4-6-13(11)16/h10-13,16H,4-9H2,1-3H3. The van der Waals surface area contributed by atoms with Crippen LogP contribution in [0.1, 0.15) is 26.2 Å². The van der Waals surface area contributed by atoms with E-state index in [1.807, 2.05) is 0 Å². The summed E-state index contributed by atoms with van der Waals surface area (Å²) in [5.41, 5.74) is 0. The average Bonchev–Trinajstić information content (AvgIpc) is 2.75. The first-order valence-electron chi connectivity index (χ1n) is 6.64. The molecule has 0 bridgehead atoms. The molecule has 0 aromatic heterocycles. The van der Waals surface area contributed by atoms with Gasteiger partial charge in [-0.1, -0.05) is 13.3 Å². The lowest BCUT2D eigenvalue weighted by Gasteiger charge is -2.24. The second-order valence-electron chi connectivity index (χ2n) is 5.99. The lowest BCUT2D eigenvalue weighted by atomic mass is 10.1. The lowest BCUT2D eigenvalue weighted by Crippen LogP contribution is -2.36. The summed E-state index contributed by atoms with van der Waals surface area (Å²) in [6.45, 7) is 5.83. The smallest absolute Gasteiger partial charge is 0.0580 e. The minimum atomic E-state index is -0.0336. The van der Waals surface area contributed by atoms with Crippen molar-refractivity contribution in [1.29, 1.82) is 0 Å². The summed E-state index contributed by atoms with van der Waals surface area (Å²) >= 11 is 0. The zero-order valence-corrected chi connectivity index (χ0v) is 10.9. The maximum atomic E-state index is 9.85. The van der Waals surface area contributed by atoms with Crippen LogP contribution < -0.4 is 0 Å². The van der Waals surface area contributed by atoms with Crippen LogP contribution in [0.2, 0.25) is 0 Å². The van der Waals surface area contributed by atoms with Gasteiger partial charge in [-0.3, -0.25) is 0 Å². The zero-order valence-electron chi connectivity index (χ0n) is 10.9. The van der Waals surface area contributed by atoms with E-state index in [9.17, 15) is 5.11 Å². The number of hydrogen-bond donors (Lipinski definition) is 1. The highest BCUT2D eigenvalue weighted by molar-refractivity contribution is 4.89. The van der Waals surface area contributed by atoms with Gasteiger partial charge < -0.3 is 14.9 Å². The van der Waals surface area contributed by atoms with Crippen molar-refractivity contribution in [2.45, 2.75) is 38.3 Å². The largest absolute Gasteiger partial charge is 0.393 e. The predicted octanol–water partition coefficient (Wildman–Crippen LogP) is 1.03. The predicted molar refractivity (Wildman–Crippen MR) is 66.4 cm³/mol. The van der Waals surface area contributed by atoms with E-state index in [0.717, 1.165) is 18.9 Å². The lowest BCUT2D eigenvalue weighted by molar-refractivity contribution is 0.107. The number of aliphatic hydroxyl groups excluding tert-OH is 1. The van der Waals surface area contributed by atoms with Crippen molar-refractivity contribution in [3.63, 3.8) is 0 Å². The normalized spacial score (nSPS) is 41.1. The molecule has 0 aromatic carbocycles. The highest BCUT2D eigenvalue weighted by atomic mass is 16.3. The molecule has 1 saturated carbocycles. The van der Waals surface area contributed by atoms with E-state index >= 15 is 0 Å². The Morgan fingerprint density at radius 1 is 1.25 bits per heavy atom. The first-order chi connectivity index (χ1) is 7.58. The van der Waals surface area contributed by atoms with Gasteiger partial charge in [0.1, 0.15) is 0 Å². The van der Waals surface area contributed by atoms with Gasteiger partial charge in [-0.2, -0.15) is 0 Å². The van der Waals surface area contributed by atoms with Gasteiger partial charge in [0.2, 0.25) is 0 Å². The van der Waals surface area contributed by atoms with Crippen LogP contribution in [-0.2, 0) is 0 Å². The molecule has 0 spiro atoms. The third kappa shape index (κ3) is 2.58. The maximum Gasteiger partial charge on any atom is 0.0580 e. The van der Waals surface area contributed by atoms with Gasteiger partial charge >= 0.3 is 0 Å². The van der Waals surface area contributed by atoms with Gasteiger partial charge in [-0.05, 0) is 38.8 Å². The van der Waals surface area contributed by atoms with E-state index in [2.05, 4.69) is 30.8 Å². The Bertz CT molecular complexity index is 232. The summed E-state index contributed by atoms with van der Waals surface area (Å²) in [4.78, 5) is 4.89. The third-order valence-corrected chi connectivity index (χ3v) is 4.42. The van der Waals surface area contributed by atoms with E-state index in [1.54, 1.807) is 0 Å². The van der Waals surface area contributed by atoms with Gasteiger partial charge in [-0.15, -0.1) is 0 Å². The molecule has 2 aliphatic rings. The van der Waals surface area contributed by atoms with E-state index in [0.29, 0.717) is 12.0 Å². The van der Waals surface area contributed by atoms with Crippen LogP contribution in [0.15, 0.2) is 0 Å². The number of rotatable bonds is 3. The molecule has 3 heteroatoms. The molecule has 4 unspecified atom stereocenters. The second-order valence-corrected chi connectivity index (χ2v) is 5.99. The van der Waals surface area contributed by atoms with Crippen molar-refractivity contribution in [3.05, 3.63) is 0 Å². The van der Waals surface area contributed by atoms with Crippen LogP contribution in [0.3, 0.4) is 0 Å². The number of likely N-dealkylation sites (N-methyl/N-ethyl adjacent to an activating group) is 1. The minimum absolute atomic E-state index is 0.0336. The van der Waals surface area contributed by atoms with Crippen LogP contribution in [-0.4, -0.2) is 60.8 Å². The van der Waals surface area contributed by atoms with Crippen molar-refractivity contribution >= 4 is 0 Å². The van der Waals surface area contributed by atoms with Crippen LogP contribution in [0.5, 0.6) is 0 Å². The number of aliphatic hydroxyl groups is 1. The van der Waals surface area contributed by atoms with Crippen molar-refractivity contribution in [2.24, 2.45) is 11.8 Å². The first-order valence-corrected chi connectivity index (χ1v) is 6.64. The van der Waals surface area contributed by atoms with Gasteiger partial charge in [0, 0.05) is 25.7 Å². The van der Waals surface area contributed by atoms with Crippen LogP contribution in [0.25, 0.3) is 0 Å². The molecule has 0 amide bonds. The molecule has 3 nitrogen and oxygen atoms in total. The van der Waals surface area contributed by atoms with E-state index in [-0.39, 0.29) is 6.10 Å². The molecule has 0 radical (unpaired) electrons. The van der Waals surface area contributed by atoms with Gasteiger partial charge in [-0.25, -0.2) is 0 Å². The Morgan fingerprint density at radius 2 is 2.00 bits per heavy atom. The van der Waals surface area contributed by atoms with Crippen LogP contribution >= 0.6 is 0 Å². The molecular weight excluding hydrogens is 200 g/mol. The summed E-state index contributed by atoms with van der Waals surface area (Å²) < 4.78 is 0. The Labute approximate surface area is 99.4 Å². The minimum Gasteiger partial charge on any atom is -0.393 e. The van der Waals surface area contributed by atoms with E-state index < -0.39 is 0 Å². The van der Waals surface area contributed by atoms with Crippen LogP contribution in [0, 0.1) is 11.8 Å². The van der Waals surface area contributed by atoms with Gasteiger partial charge in [0.05, 0.1) is 6.10 Å². The summed E-state index contributed by atoms with van der Waals surface area (Å²) in [6.07, 6.45) is 3.42. The fourth-order valence-electron chi connectivity index (χ4n) is 3.43.